The Kier molecular flexibility index (Phi) is 9.05. The largest absolute Gasteiger partial charge is 0.381 e. The summed E-state index contributed by atoms with van der Waals surface area (Å²) in [6.07, 6.45) is 1.11. The lowest BCUT2D eigenvalue weighted by atomic mass is 10.1. The molecule has 0 aromatic heterocycles. The Morgan fingerprint density at radius 3 is 2.62 bits per heavy atom. The molecule has 7 heteroatoms. The molecule has 1 aliphatic heterocycles. The first-order valence-corrected chi connectivity index (χ1v) is 7.94. The average Bonchev–Trinajstić information content (AvgIpc) is 3.08. The van der Waals surface area contributed by atoms with Crippen LogP contribution < -0.4 is 10.6 Å². The van der Waals surface area contributed by atoms with Crippen LogP contribution in [0.25, 0.3) is 0 Å². The highest BCUT2D eigenvalue weighted by molar-refractivity contribution is 14.0. The Morgan fingerprint density at radius 1 is 1.38 bits per heavy atom. The van der Waals surface area contributed by atoms with Gasteiger partial charge in [-0.1, -0.05) is 12.1 Å². The van der Waals surface area contributed by atoms with Crippen molar-refractivity contribution in [2.45, 2.75) is 13.0 Å². The fraction of sp³-hybridized carbons (Fsp3) is 0.529. The Morgan fingerprint density at radius 2 is 2.08 bits per heavy atom. The van der Waals surface area contributed by atoms with Gasteiger partial charge in [0.25, 0.3) is 5.91 Å². The van der Waals surface area contributed by atoms with Gasteiger partial charge < -0.3 is 20.3 Å². The zero-order valence-corrected chi connectivity index (χ0v) is 16.9. The molecule has 1 saturated heterocycles. The zero-order valence-electron chi connectivity index (χ0n) is 14.5. The minimum absolute atomic E-state index is 0. The number of nitrogens with zero attached hydrogens (tertiary/aromatic N) is 2. The van der Waals surface area contributed by atoms with Crippen LogP contribution in [0.3, 0.4) is 0 Å². The molecule has 0 bridgehead atoms. The van der Waals surface area contributed by atoms with Crippen molar-refractivity contribution in [3.05, 3.63) is 35.4 Å². The van der Waals surface area contributed by atoms with Gasteiger partial charge in [0.05, 0.1) is 6.61 Å². The van der Waals surface area contributed by atoms with Crippen LogP contribution in [-0.2, 0) is 11.3 Å². The van der Waals surface area contributed by atoms with Crippen molar-refractivity contribution in [1.29, 1.82) is 0 Å². The number of carbonyl (C=O) groups is 1. The molecule has 1 heterocycles. The number of hydrogen-bond donors (Lipinski definition) is 2. The third kappa shape index (κ3) is 5.94. The molecular weight excluding hydrogens is 419 g/mol. The van der Waals surface area contributed by atoms with E-state index in [2.05, 4.69) is 20.5 Å². The lowest BCUT2D eigenvalue weighted by Gasteiger charge is -2.24. The number of hydrogen-bond acceptors (Lipinski definition) is 3. The van der Waals surface area contributed by atoms with Crippen LogP contribution in [0.4, 0.5) is 0 Å². The second-order valence-electron chi connectivity index (χ2n) is 5.79. The predicted molar refractivity (Wildman–Crippen MR) is 107 cm³/mol. The number of ether oxygens (including phenoxy) is 1. The molecule has 1 aromatic carbocycles. The Labute approximate surface area is 161 Å². The van der Waals surface area contributed by atoms with Crippen molar-refractivity contribution in [3.8, 4) is 0 Å². The molecule has 0 radical (unpaired) electrons. The van der Waals surface area contributed by atoms with Crippen LogP contribution >= 0.6 is 24.0 Å². The monoisotopic (exact) mass is 446 g/mol. The number of rotatable bonds is 5. The summed E-state index contributed by atoms with van der Waals surface area (Å²) >= 11 is 0. The molecule has 24 heavy (non-hydrogen) atoms. The molecule has 0 saturated carbocycles. The van der Waals surface area contributed by atoms with E-state index in [9.17, 15) is 4.79 Å². The standard InChI is InChI=1S/C17H26N4O2.HI/c1-18-16(22)15-6-4-13(5-7-15)10-20-17(19-2)21(3)11-14-8-9-23-12-14;/h4-7,14H,8-12H2,1-3H3,(H,18,22)(H,19,20);1H. The van der Waals surface area contributed by atoms with Gasteiger partial charge in [-0.3, -0.25) is 9.79 Å². The van der Waals surface area contributed by atoms with Gasteiger partial charge in [-0.05, 0) is 24.1 Å². The van der Waals surface area contributed by atoms with E-state index < -0.39 is 0 Å². The maximum Gasteiger partial charge on any atom is 0.251 e. The summed E-state index contributed by atoms with van der Waals surface area (Å²) in [4.78, 5) is 18.0. The summed E-state index contributed by atoms with van der Waals surface area (Å²) in [6, 6.07) is 7.57. The van der Waals surface area contributed by atoms with Crippen molar-refractivity contribution in [2.75, 3.05) is 40.9 Å². The summed E-state index contributed by atoms with van der Waals surface area (Å²) in [5.74, 6) is 1.37. The highest BCUT2D eigenvalue weighted by Gasteiger charge is 2.18. The van der Waals surface area contributed by atoms with Gasteiger partial charge in [0.1, 0.15) is 0 Å². The van der Waals surface area contributed by atoms with Gasteiger partial charge in [0.2, 0.25) is 0 Å². The normalized spacial score (nSPS) is 17.1. The highest BCUT2D eigenvalue weighted by atomic mass is 127. The number of amides is 1. The molecule has 0 aliphatic carbocycles. The van der Waals surface area contributed by atoms with Crippen LogP contribution in [0.1, 0.15) is 22.3 Å². The molecule has 1 fully saturated rings. The van der Waals surface area contributed by atoms with Gasteiger partial charge in [-0.2, -0.15) is 0 Å². The van der Waals surface area contributed by atoms with Crippen LogP contribution in [0.15, 0.2) is 29.3 Å². The summed E-state index contributed by atoms with van der Waals surface area (Å²) in [5.41, 5.74) is 1.77. The number of nitrogens with one attached hydrogen (secondary N) is 2. The van der Waals surface area contributed by atoms with E-state index in [1.54, 1.807) is 14.1 Å². The van der Waals surface area contributed by atoms with Gasteiger partial charge in [-0.25, -0.2) is 0 Å². The quantitative estimate of drug-likeness (QED) is 0.411. The van der Waals surface area contributed by atoms with Gasteiger partial charge in [-0.15, -0.1) is 24.0 Å². The zero-order chi connectivity index (χ0) is 16.7. The van der Waals surface area contributed by atoms with Crippen molar-refractivity contribution >= 4 is 35.8 Å². The third-order valence-corrected chi connectivity index (χ3v) is 4.02. The Balaban J connectivity index is 0.00000288. The van der Waals surface area contributed by atoms with Crippen LogP contribution in [-0.4, -0.2) is 57.7 Å². The first-order chi connectivity index (χ1) is 11.1. The summed E-state index contributed by atoms with van der Waals surface area (Å²) in [5, 5.41) is 5.98. The van der Waals surface area contributed by atoms with Gasteiger partial charge in [0.15, 0.2) is 5.96 Å². The molecule has 1 amide bonds. The molecule has 6 nitrogen and oxygen atoms in total. The molecular formula is C17H27IN4O2. The van der Waals surface area contributed by atoms with Gasteiger partial charge >= 0.3 is 0 Å². The second-order valence-corrected chi connectivity index (χ2v) is 5.79. The predicted octanol–water partition coefficient (Wildman–Crippen LogP) is 1.71. The molecule has 2 rings (SSSR count). The SMILES string of the molecule is CN=C(NCc1ccc(C(=O)NC)cc1)N(C)CC1CCOC1.I. The first-order valence-electron chi connectivity index (χ1n) is 7.94. The van der Waals surface area contributed by atoms with Crippen molar-refractivity contribution in [2.24, 2.45) is 10.9 Å². The fourth-order valence-corrected chi connectivity index (χ4v) is 2.69. The van der Waals surface area contributed by atoms with Gasteiger partial charge in [0, 0.05) is 52.3 Å². The Hall–Kier alpha value is -1.35. The van der Waals surface area contributed by atoms with Crippen molar-refractivity contribution in [3.63, 3.8) is 0 Å². The first kappa shape index (κ1) is 20.7. The van der Waals surface area contributed by atoms with Crippen LogP contribution in [0, 0.1) is 5.92 Å². The maximum atomic E-state index is 11.5. The Bertz CT molecular complexity index is 542. The minimum Gasteiger partial charge on any atom is -0.381 e. The topological polar surface area (TPSA) is 66.0 Å². The third-order valence-electron chi connectivity index (χ3n) is 4.02. The van der Waals surface area contributed by atoms with E-state index in [0.717, 1.165) is 37.7 Å². The molecule has 2 N–H and O–H groups in total. The lowest BCUT2D eigenvalue weighted by Crippen LogP contribution is -2.41. The van der Waals surface area contributed by atoms with Crippen molar-refractivity contribution in [1.82, 2.24) is 15.5 Å². The number of carbonyl (C=O) groups excluding carboxylic acids is 1. The molecule has 1 aliphatic rings. The molecule has 134 valence electrons. The van der Waals surface area contributed by atoms with Crippen molar-refractivity contribution < 1.29 is 9.53 Å². The lowest BCUT2D eigenvalue weighted by molar-refractivity contribution is 0.0963. The van der Waals surface area contributed by atoms with E-state index in [1.807, 2.05) is 31.3 Å². The van der Waals surface area contributed by atoms with Crippen LogP contribution in [0.2, 0.25) is 0 Å². The van der Waals surface area contributed by atoms with E-state index in [1.165, 1.54) is 0 Å². The number of aliphatic imine (C=N–C) groups is 1. The average molecular weight is 446 g/mol. The van der Waals surface area contributed by atoms with E-state index >= 15 is 0 Å². The number of guanidine groups is 1. The second kappa shape index (κ2) is 10.5. The van der Waals surface area contributed by atoms with Crippen LogP contribution in [0.5, 0.6) is 0 Å². The molecule has 0 spiro atoms. The smallest absolute Gasteiger partial charge is 0.251 e. The van der Waals surface area contributed by atoms with E-state index in [0.29, 0.717) is 18.0 Å². The minimum atomic E-state index is -0.0705. The van der Waals surface area contributed by atoms with E-state index in [4.69, 9.17) is 4.74 Å². The highest BCUT2D eigenvalue weighted by Crippen LogP contribution is 2.13. The summed E-state index contributed by atoms with van der Waals surface area (Å²) in [6.45, 7) is 3.31. The number of benzene rings is 1. The summed E-state index contributed by atoms with van der Waals surface area (Å²) < 4.78 is 5.42. The molecule has 1 unspecified atom stereocenters. The number of halogens is 1. The fourth-order valence-electron chi connectivity index (χ4n) is 2.69. The maximum absolute atomic E-state index is 11.5. The molecule has 1 aromatic rings. The summed E-state index contributed by atoms with van der Waals surface area (Å²) in [7, 11) is 5.47. The van der Waals surface area contributed by atoms with E-state index in [-0.39, 0.29) is 29.9 Å². The molecule has 1 atom stereocenters.